The molecule has 2 N–H and O–H groups in total. The molecule has 2 aromatic carbocycles. The van der Waals surface area contributed by atoms with E-state index in [4.69, 9.17) is 16.3 Å². The summed E-state index contributed by atoms with van der Waals surface area (Å²) < 4.78 is 5.36. The summed E-state index contributed by atoms with van der Waals surface area (Å²) in [5, 5.41) is 6.94. The highest BCUT2D eigenvalue weighted by molar-refractivity contribution is 7.99. The lowest BCUT2D eigenvalue weighted by molar-refractivity contribution is -0.117. The Balaban J connectivity index is 0.00000225. The molecule has 1 saturated heterocycles. The zero-order valence-electron chi connectivity index (χ0n) is 13.5. The van der Waals surface area contributed by atoms with E-state index in [9.17, 15) is 4.79 Å². The van der Waals surface area contributed by atoms with Gasteiger partial charge < -0.3 is 15.4 Å². The Morgan fingerprint density at radius 2 is 2.00 bits per heavy atom. The Morgan fingerprint density at radius 1 is 1.24 bits per heavy atom. The van der Waals surface area contributed by atoms with Gasteiger partial charge in [0.25, 0.3) is 0 Å². The van der Waals surface area contributed by atoms with Crippen LogP contribution in [-0.4, -0.2) is 31.7 Å². The molecule has 0 aromatic heterocycles. The average molecular weight is 399 g/mol. The Bertz CT molecular complexity index is 692. The zero-order chi connectivity index (χ0) is 16.8. The summed E-state index contributed by atoms with van der Waals surface area (Å²) in [5.74, 6) is -0.00972. The van der Waals surface area contributed by atoms with Gasteiger partial charge in [0.15, 0.2) is 0 Å². The molecule has 0 saturated carbocycles. The maximum absolute atomic E-state index is 12.1. The number of rotatable bonds is 5. The second-order valence-electron chi connectivity index (χ2n) is 5.54. The van der Waals surface area contributed by atoms with E-state index in [1.165, 1.54) is 0 Å². The molecule has 1 atom stereocenters. The molecule has 4 nitrogen and oxygen atoms in total. The molecule has 0 radical (unpaired) electrons. The van der Waals surface area contributed by atoms with E-state index in [0.29, 0.717) is 19.6 Å². The summed E-state index contributed by atoms with van der Waals surface area (Å²) >= 11 is 7.77. The number of ether oxygens (including phenoxy) is 1. The van der Waals surface area contributed by atoms with Crippen LogP contribution in [0.3, 0.4) is 0 Å². The smallest absolute Gasteiger partial charge is 0.226 e. The molecule has 1 unspecified atom stereocenters. The average Bonchev–Trinajstić information content (AvgIpc) is 2.59. The first-order valence-corrected chi connectivity index (χ1v) is 9.03. The van der Waals surface area contributed by atoms with Gasteiger partial charge in [-0.25, -0.2) is 0 Å². The van der Waals surface area contributed by atoms with Crippen molar-refractivity contribution in [3.63, 3.8) is 0 Å². The van der Waals surface area contributed by atoms with Crippen LogP contribution in [0.2, 0.25) is 5.02 Å². The number of morpholine rings is 1. The summed E-state index contributed by atoms with van der Waals surface area (Å²) in [6.07, 6.45) is 0.413. The van der Waals surface area contributed by atoms with Crippen LogP contribution in [-0.2, 0) is 9.53 Å². The normalized spacial score (nSPS) is 16.8. The lowest BCUT2D eigenvalue weighted by atomic mass is 10.2. The molecule has 1 aliphatic rings. The fraction of sp³-hybridized carbons (Fsp3) is 0.278. The molecule has 0 aliphatic carbocycles. The lowest BCUT2D eigenvalue weighted by Gasteiger charge is -2.23. The molecule has 3 rings (SSSR count). The van der Waals surface area contributed by atoms with E-state index in [0.717, 1.165) is 27.0 Å². The van der Waals surface area contributed by atoms with Crippen LogP contribution in [0.25, 0.3) is 0 Å². The van der Waals surface area contributed by atoms with Crippen molar-refractivity contribution in [2.75, 3.05) is 25.1 Å². The van der Waals surface area contributed by atoms with Crippen LogP contribution in [0.1, 0.15) is 6.42 Å². The van der Waals surface area contributed by atoms with Gasteiger partial charge in [0.2, 0.25) is 5.91 Å². The van der Waals surface area contributed by atoms with E-state index in [-0.39, 0.29) is 24.4 Å². The number of benzene rings is 2. The van der Waals surface area contributed by atoms with Crippen molar-refractivity contribution in [2.45, 2.75) is 22.3 Å². The van der Waals surface area contributed by atoms with Crippen molar-refractivity contribution in [1.29, 1.82) is 0 Å². The zero-order valence-corrected chi connectivity index (χ0v) is 15.9. The third-order valence-electron chi connectivity index (χ3n) is 3.63. The predicted octanol–water partition coefficient (Wildman–Crippen LogP) is 4.23. The van der Waals surface area contributed by atoms with E-state index >= 15 is 0 Å². The third-order valence-corrected chi connectivity index (χ3v) is 5.16. The van der Waals surface area contributed by atoms with E-state index in [2.05, 4.69) is 10.6 Å². The van der Waals surface area contributed by atoms with Crippen LogP contribution in [0.4, 0.5) is 5.69 Å². The molecule has 25 heavy (non-hydrogen) atoms. The summed E-state index contributed by atoms with van der Waals surface area (Å²) in [4.78, 5) is 14.2. The number of carbonyl (C=O) groups is 1. The first kappa shape index (κ1) is 20.1. The highest BCUT2D eigenvalue weighted by Crippen LogP contribution is 2.33. The molecule has 1 fully saturated rings. The van der Waals surface area contributed by atoms with Crippen LogP contribution >= 0.6 is 35.8 Å². The predicted molar refractivity (Wildman–Crippen MR) is 105 cm³/mol. The van der Waals surface area contributed by atoms with Gasteiger partial charge in [-0.1, -0.05) is 35.5 Å². The molecule has 7 heteroatoms. The number of hydrogen-bond acceptors (Lipinski definition) is 4. The van der Waals surface area contributed by atoms with Gasteiger partial charge in [-0.05, 0) is 36.4 Å². The minimum Gasteiger partial charge on any atom is -0.378 e. The largest absolute Gasteiger partial charge is 0.378 e. The van der Waals surface area contributed by atoms with Crippen molar-refractivity contribution >= 4 is 47.4 Å². The number of amides is 1. The molecular weight excluding hydrogens is 379 g/mol. The maximum Gasteiger partial charge on any atom is 0.226 e. The van der Waals surface area contributed by atoms with Crippen molar-refractivity contribution in [1.82, 2.24) is 5.32 Å². The Morgan fingerprint density at radius 3 is 2.68 bits per heavy atom. The van der Waals surface area contributed by atoms with Gasteiger partial charge >= 0.3 is 0 Å². The van der Waals surface area contributed by atoms with E-state index in [1.54, 1.807) is 11.8 Å². The van der Waals surface area contributed by atoms with Crippen molar-refractivity contribution in [3.8, 4) is 0 Å². The van der Waals surface area contributed by atoms with E-state index < -0.39 is 0 Å². The number of hydrogen-bond donors (Lipinski definition) is 2. The van der Waals surface area contributed by atoms with Gasteiger partial charge in [0, 0.05) is 34.5 Å². The van der Waals surface area contributed by atoms with Crippen LogP contribution in [0, 0.1) is 0 Å². The summed E-state index contributed by atoms with van der Waals surface area (Å²) in [5.41, 5.74) is 0.792. The first-order chi connectivity index (χ1) is 11.7. The molecule has 134 valence electrons. The SMILES string of the molecule is Cl.O=C(CC1COCCN1)Nc1ccc(Sc2ccccc2Cl)cc1. The Labute approximate surface area is 163 Å². The van der Waals surface area contributed by atoms with Crippen LogP contribution in [0.15, 0.2) is 58.3 Å². The van der Waals surface area contributed by atoms with Crippen LogP contribution in [0.5, 0.6) is 0 Å². The second-order valence-corrected chi connectivity index (χ2v) is 7.06. The molecule has 1 heterocycles. The topological polar surface area (TPSA) is 50.4 Å². The fourth-order valence-corrected chi connectivity index (χ4v) is 3.54. The Kier molecular flexibility index (Phi) is 8.06. The highest BCUT2D eigenvalue weighted by Gasteiger charge is 2.16. The molecule has 2 aromatic rings. The van der Waals surface area contributed by atoms with Crippen LogP contribution < -0.4 is 10.6 Å². The number of nitrogens with one attached hydrogen (secondary N) is 2. The summed E-state index contributed by atoms with van der Waals surface area (Å²) in [6.45, 7) is 2.09. The highest BCUT2D eigenvalue weighted by atomic mass is 35.5. The second kappa shape index (κ2) is 10.0. The number of anilines is 1. The quantitative estimate of drug-likeness (QED) is 0.790. The van der Waals surface area contributed by atoms with Gasteiger partial charge in [-0.2, -0.15) is 0 Å². The van der Waals surface area contributed by atoms with Crippen molar-refractivity contribution in [3.05, 3.63) is 53.6 Å². The van der Waals surface area contributed by atoms with E-state index in [1.807, 2.05) is 48.5 Å². The number of halogens is 2. The van der Waals surface area contributed by atoms with Gasteiger partial charge in [-0.15, -0.1) is 12.4 Å². The summed E-state index contributed by atoms with van der Waals surface area (Å²) in [7, 11) is 0. The molecule has 0 bridgehead atoms. The van der Waals surface area contributed by atoms with Gasteiger partial charge in [0.1, 0.15) is 0 Å². The van der Waals surface area contributed by atoms with Crippen molar-refractivity contribution < 1.29 is 9.53 Å². The van der Waals surface area contributed by atoms with Crippen molar-refractivity contribution in [2.24, 2.45) is 0 Å². The minimum atomic E-state index is -0.00972. The molecule has 1 aliphatic heterocycles. The molecular formula is C18H20Cl2N2O2S. The summed E-state index contributed by atoms with van der Waals surface area (Å²) in [6, 6.07) is 15.6. The molecule has 0 spiro atoms. The maximum atomic E-state index is 12.1. The monoisotopic (exact) mass is 398 g/mol. The first-order valence-electron chi connectivity index (χ1n) is 7.84. The Hall–Kier alpha value is -1.24. The number of carbonyl (C=O) groups excluding carboxylic acids is 1. The lowest BCUT2D eigenvalue weighted by Crippen LogP contribution is -2.43. The van der Waals surface area contributed by atoms with Gasteiger partial charge in [0.05, 0.1) is 18.2 Å². The fourth-order valence-electron chi connectivity index (χ4n) is 2.45. The standard InChI is InChI=1S/C18H19ClN2O2S.ClH/c19-16-3-1-2-4-17(16)24-15-7-5-13(6-8-15)21-18(22)11-14-12-23-10-9-20-14;/h1-8,14,20H,9-12H2,(H,21,22);1H. The minimum absolute atomic E-state index is 0. The van der Waals surface area contributed by atoms with Gasteiger partial charge in [-0.3, -0.25) is 4.79 Å². The third kappa shape index (κ3) is 6.20. The molecule has 1 amide bonds.